The first-order valence-electron chi connectivity index (χ1n) is 7.71. The van der Waals surface area contributed by atoms with Crippen LogP contribution in [-0.4, -0.2) is 34.1 Å². The fourth-order valence-electron chi connectivity index (χ4n) is 2.18. The van der Waals surface area contributed by atoms with Gasteiger partial charge in [-0.1, -0.05) is 0 Å². The van der Waals surface area contributed by atoms with Crippen LogP contribution in [0.4, 0.5) is 0 Å². The van der Waals surface area contributed by atoms with E-state index in [0.29, 0.717) is 11.8 Å². The lowest BCUT2D eigenvalue weighted by atomic mass is 9.87. The Hall–Kier alpha value is -1.06. The van der Waals surface area contributed by atoms with Crippen LogP contribution in [0.15, 0.2) is 9.98 Å². The summed E-state index contributed by atoms with van der Waals surface area (Å²) in [6, 6.07) is 0. The van der Waals surface area contributed by atoms with Crippen molar-refractivity contribution in [3.05, 3.63) is 0 Å². The molecule has 4 heteroatoms. The van der Waals surface area contributed by atoms with Crippen molar-refractivity contribution in [1.82, 2.24) is 0 Å². The Balaban J connectivity index is 2.38. The smallest absolute Gasteiger partial charge is 0.199 e. The van der Waals surface area contributed by atoms with Gasteiger partial charge in [0, 0.05) is 0 Å². The van der Waals surface area contributed by atoms with Gasteiger partial charge in [-0.2, -0.15) is 0 Å². The minimum Gasteiger partial charge on any atom is -0.472 e. The number of ether oxygens (including phenoxy) is 2. The zero-order valence-electron chi connectivity index (χ0n) is 15.2. The molecule has 0 atom stereocenters. The molecule has 0 radical (unpaired) electrons. The summed E-state index contributed by atoms with van der Waals surface area (Å²) in [5.74, 6) is 1.43. The van der Waals surface area contributed by atoms with Crippen molar-refractivity contribution < 1.29 is 9.47 Å². The van der Waals surface area contributed by atoms with Gasteiger partial charge in [0.2, 0.25) is 0 Å². The second kappa shape index (κ2) is 4.02. The van der Waals surface area contributed by atoms with E-state index in [-0.39, 0.29) is 22.3 Å². The molecule has 21 heavy (non-hydrogen) atoms. The highest BCUT2D eigenvalue weighted by Crippen LogP contribution is 2.44. The Morgan fingerprint density at radius 2 is 0.952 bits per heavy atom. The molecule has 0 aromatic carbocycles. The number of hydrogen-bond acceptors (Lipinski definition) is 4. The van der Waals surface area contributed by atoms with Gasteiger partial charge in [0.25, 0.3) is 0 Å². The first kappa shape index (κ1) is 16.3. The third-order valence-corrected chi connectivity index (χ3v) is 5.48. The molecule has 0 N–H and O–H groups in total. The van der Waals surface area contributed by atoms with Gasteiger partial charge >= 0.3 is 0 Å². The molecule has 0 saturated heterocycles. The standard InChI is InChI=1S/C17H30N2O2/c1-13(2,11-18-14(3,4)16(7,8)20-11)12-19-15(5,6)17(9,10)21-12/h1-10H3. The molecule has 2 aliphatic rings. The number of hydrogen-bond donors (Lipinski definition) is 0. The molecule has 2 aliphatic heterocycles. The SMILES string of the molecule is CC(C)(C1=NC(C)(C)C(C)(C)O1)C1=NC(C)(C)C(C)(C)O1. The third kappa shape index (κ3) is 2.27. The van der Waals surface area contributed by atoms with E-state index in [4.69, 9.17) is 19.5 Å². The zero-order valence-corrected chi connectivity index (χ0v) is 15.2. The lowest BCUT2D eigenvalue weighted by Crippen LogP contribution is -2.44. The Morgan fingerprint density at radius 1 is 0.667 bits per heavy atom. The Kier molecular flexibility index (Phi) is 3.12. The molecule has 2 rings (SSSR count). The predicted octanol–water partition coefficient (Wildman–Crippen LogP) is 3.98. The molecule has 0 aromatic rings. The van der Waals surface area contributed by atoms with Gasteiger partial charge in [-0.3, -0.25) is 0 Å². The van der Waals surface area contributed by atoms with Gasteiger partial charge in [-0.25, -0.2) is 9.98 Å². The van der Waals surface area contributed by atoms with Crippen molar-refractivity contribution in [2.24, 2.45) is 15.4 Å². The summed E-state index contributed by atoms with van der Waals surface area (Å²) in [6.45, 7) is 20.8. The highest BCUT2D eigenvalue weighted by molar-refractivity contribution is 6.06. The largest absolute Gasteiger partial charge is 0.472 e. The fraction of sp³-hybridized carbons (Fsp3) is 0.882. The predicted molar refractivity (Wildman–Crippen MR) is 87.1 cm³/mol. The molecule has 120 valence electrons. The van der Waals surface area contributed by atoms with Crippen molar-refractivity contribution in [2.45, 2.75) is 91.5 Å². The van der Waals surface area contributed by atoms with Crippen LogP contribution in [-0.2, 0) is 9.47 Å². The lowest BCUT2D eigenvalue weighted by Gasteiger charge is -2.33. The minimum absolute atomic E-state index is 0.260. The summed E-state index contributed by atoms with van der Waals surface area (Å²) in [4.78, 5) is 9.64. The average molecular weight is 294 g/mol. The number of nitrogens with zero attached hydrogens (tertiary/aromatic N) is 2. The summed E-state index contributed by atoms with van der Waals surface area (Å²) < 4.78 is 12.3. The van der Waals surface area contributed by atoms with Gasteiger partial charge in [0.1, 0.15) is 16.6 Å². The van der Waals surface area contributed by atoms with Crippen LogP contribution in [0.3, 0.4) is 0 Å². The molecule has 0 fully saturated rings. The van der Waals surface area contributed by atoms with E-state index < -0.39 is 5.41 Å². The highest BCUT2D eigenvalue weighted by Gasteiger charge is 2.55. The molecule has 0 saturated carbocycles. The molecule has 0 aromatic heterocycles. The maximum atomic E-state index is 6.17. The minimum atomic E-state index is -0.462. The van der Waals surface area contributed by atoms with Crippen LogP contribution in [0.5, 0.6) is 0 Å². The number of rotatable bonds is 2. The monoisotopic (exact) mass is 294 g/mol. The van der Waals surface area contributed by atoms with Crippen LogP contribution in [0.1, 0.15) is 69.2 Å². The van der Waals surface area contributed by atoms with E-state index in [1.807, 2.05) is 0 Å². The lowest BCUT2D eigenvalue weighted by molar-refractivity contribution is 0.0433. The van der Waals surface area contributed by atoms with E-state index in [2.05, 4.69) is 69.2 Å². The van der Waals surface area contributed by atoms with E-state index in [1.54, 1.807) is 0 Å². The van der Waals surface area contributed by atoms with E-state index >= 15 is 0 Å². The van der Waals surface area contributed by atoms with Crippen LogP contribution < -0.4 is 0 Å². The van der Waals surface area contributed by atoms with E-state index in [9.17, 15) is 0 Å². The normalized spacial score (nSPS) is 28.5. The fourth-order valence-corrected chi connectivity index (χ4v) is 2.18. The molecule has 2 heterocycles. The molecular weight excluding hydrogens is 264 g/mol. The first-order valence-corrected chi connectivity index (χ1v) is 7.71. The second-order valence-corrected chi connectivity index (χ2v) is 8.80. The molecule has 0 unspecified atom stereocenters. The van der Waals surface area contributed by atoms with Gasteiger partial charge < -0.3 is 9.47 Å². The van der Waals surface area contributed by atoms with Crippen LogP contribution >= 0.6 is 0 Å². The molecular formula is C17H30N2O2. The van der Waals surface area contributed by atoms with Crippen molar-refractivity contribution in [2.75, 3.05) is 0 Å². The third-order valence-electron chi connectivity index (χ3n) is 5.48. The van der Waals surface area contributed by atoms with Gasteiger partial charge in [-0.15, -0.1) is 0 Å². The quantitative estimate of drug-likeness (QED) is 0.773. The van der Waals surface area contributed by atoms with Gasteiger partial charge in [0.05, 0.1) is 11.1 Å². The second-order valence-electron chi connectivity index (χ2n) is 8.80. The summed E-state index contributed by atoms with van der Waals surface area (Å²) in [5.41, 5.74) is -1.64. The molecule has 0 spiro atoms. The maximum absolute atomic E-state index is 6.17. The van der Waals surface area contributed by atoms with Gasteiger partial charge in [-0.05, 0) is 69.2 Å². The zero-order chi connectivity index (χ0) is 16.5. The summed E-state index contributed by atoms with van der Waals surface area (Å²) >= 11 is 0. The Bertz CT molecular complexity index is 477. The van der Waals surface area contributed by atoms with E-state index in [1.165, 1.54) is 0 Å². The van der Waals surface area contributed by atoms with E-state index in [0.717, 1.165) is 0 Å². The average Bonchev–Trinajstić information content (AvgIpc) is 2.59. The molecule has 4 nitrogen and oxygen atoms in total. The van der Waals surface area contributed by atoms with Gasteiger partial charge in [0.15, 0.2) is 11.8 Å². The topological polar surface area (TPSA) is 43.2 Å². The summed E-state index contributed by atoms with van der Waals surface area (Å²) in [6.07, 6.45) is 0. The summed E-state index contributed by atoms with van der Waals surface area (Å²) in [5, 5.41) is 0. The Morgan fingerprint density at radius 3 is 1.14 bits per heavy atom. The van der Waals surface area contributed by atoms with Crippen molar-refractivity contribution in [3.63, 3.8) is 0 Å². The maximum Gasteiger partial charge on any atom is 0.199 e. The van der Waals surface area contributed by atoms with Crippen molar-refractivity contribution >= 4 is 11.8 Å². The van der Waals surface area contributed by atoms with Crippen molar-refractivity contribution in [3.8, 4) is 0 Å². The number of aliphatic imine (C=N–C) groups is 2. The highest BCUT2D eigenvalue weighted by atomic mass is 16.5. The van der Waals surface area contributed by atoms with Crippen LogP contribution in [0.2, 0.25) is 0 Å². The molecule has 0 bridgehead atoms. The van der Waals surface area contributed by atoms with Crippen LogP contribution in [0, 0.1) is 5.41 Å². The summed E-state index contributed by atoms with van der Waals surface area (Å²) in [7, 11) is 0. The molecule has 0 aliphatic carbocycles. The first-order chi connectivity index (χ1) is 9.12. The van der Waals surface area contributed by atoms with Crippen molar-refractivity contribution in [1.29, 1.82) is 0 Å². The Labute approximate surface area is 129 Å². The molecule has 0 amide bonds. The van der Waals surface area contributed by atoms with Crippen LogP contribution in [0.25, 0.3) is 0 Å².